The summed E-state index contributed by atoms with van der Waals surface area (Å²) in [4.78, 5) is 30.2. The van der Waals surface area contributed by atoms with Crippen LogP contribution in [0.1, 0.15) is 38.3 Å². The van der Waals surface area contributed by atoms with Crippen LogP contribution in [0.15, 0.2) is 24.4 Å². The lowest BCUT2D eigenvalue weighted by Crippen LogP contribution is -2.16. The van der Waals surface area contributed by atoms with Gasteiger partial charge in [0, 0.05) is 11.1 Å². The average molecular weight is 373 g/mol. The van der Waals surface area contributed by atoms with Gasteiger partial charge in [-0.1, -0.05) is 0 Å². The van der Waals surface area contributed by atoms with Crippen LogP contribution in [-0.2, 0) is 4.74 Å². The number of anilines is 1. The summed E-state index contributed by atoms with van der Waals surface area (Å²) >= 11 is 1.32. The van der Waals surface area contributed by atoms with E-state index in [1.54, 1.807) is 29.7 Å². The maximum absolute atomic E-state index is 12.9. The highest BCUT2D eigenvalue weighted by atomic mass is 32.1. The van der Waals surface area contributed by atoms with Crippen LogP contribution >= 0.6 is 11.3 Å². The topological polar surface area (TPSA) is 81.9 Å². The second-order valence-corrected chi connectivity index (χ2v) is 6.85. The number of carbonyl (C=O) groups excluding carboxylic acids is 2. The number of rotatable bonds is 5. The Morgan fingerprint density at radius 2 is 2.12 bits per heavy atom. The molecule has 26 heavy (non-hydrogen) atoms. The minimum Gasteiger partial charge on any atom is -0.490 e. The molecule has 1 N–H and O–H groups in total. The molecule has 3 rings (SSSR count). The first-order valence-corrected chi connectivity index (χ1v) is 8.88. The second kappa shape index (κ2) is 7.17. The number of hydrogen-bond donors (Lipinski definition) is 1. The fraction of sp³-hybridized carbons (Fsp3) is 0.278. The standard InChI is InChI=1S/C18H19N3O4S/c1-5-25-13-7-6-8-21-14(11(3)19-15(13)21)16(22)20-17-12(18(23)24-4)9-10(2)26-17/h6-9H,5H2,1-4H3,(H,20,22). The van der Waals surface area contributed by atoms with Gasteiger partial charge < -0.3 is 14.8 Å². The summed E-state index contributed by atoms with van der Waals surface area (Å²) in [5, 5.41) is 3.26. The van der Waals surface area contributed by atoms with E-state index in [-0.39, 0.29) is 5.91 Å². The van der Waals surface area contributed by atoms with Gasteiger partial charge in [-0.25, -0.2) is 9.78 Å². The van der Waals surface area contributed by atoms with Gasteiger partial charge >= 0.3 is 5.97 Å². The third kappa shape index (κ3) is 3.15. The van der Waals surface area contributed by atoms with Crippen molar-refractivity contribution in [2.24, 2.45) is 0 Å². The molecule has 0 saturated carbocycles. The molecule has 0 fully saturated rings. The summed E-state index contributed by atoms with van der Waals surface area (Å²) in [6.45, 7) is 6.02. The van der Waals surface area contributed by atoms with Crippen LogP contribution in [0.25, 0.3) is 5.65 Å². The van der Waals surface area contributed by atoms with E-state index in [4.69, 9.17) is 9.47 Å². The number of methoxy groups -OCH3 is 1. The van der Waals surface area contributed by atoms with E-state index in [0.29, 0.717) is 40.0 Å². The Kier molecular flexibility index (Phi) is 4.94. The van der Waals surface area contributed by atoms with Gasteiger partial charge in [0.15, 0.2) is 11.4 Å². The lowest BCUT2D eigenvalue weighted by Gasteiger charge is -2.07. The first kappa shape index (κ1) is 17.9. The van der Waals surface area contributed by atoms with Crippen LogP contribution in [-0.4, -0.2) is 35.0 Å². The molecule has 0 saturated heterocycles. The highest BCUT2D eigenvalue weighted by Gasteiger charge is 2.22. The number of ether oxygens (including phenoxy) is 2. The van der Waals surface area contributed by atoms with Crippen molar-refractivity contribution >= 4 is 33.9 Å². The number of carbonyl (C=O) groups is 2. The zero-order valence-electron chi connectivity index (χ0n) is 15.0. The number of imidazole rings is 1. The second-order valence-electron chi connectivity index (χ2n) is 5.59. The molecule has 0 aromatic carbocycles. The number of aryl methyl sites for hydroxylation is 2. The SMILES string of the molecule is CCOc1cccn2c(C(=O)Nc3sc(C)cc3C(=O)OC)c(C)nc12. The van der Waals surface area contributed by atoms with Crippen molar-refractivity contribution in [2.75, 3.05) is 19.0 Å². The van der Waals surface area contributed by atoms with Gasteiger partial charge in [-0.05, 0) is 39.0 Å². The zero-order valence-corrected chi connectivity index (χ0v) is 15.8. The van der Waals surface area contributed by atoms with E-state index in [0.717, 1.165) is 4.88 Å². The Labute approximate surface area is 154 Å². The third-order valence-corrected chi connectivity index (χ3v) is 4.76. The van der Waals surface area contributed by atoms with Gasteiger partial charge in [-0.3, -0.25) is 9.20 Å². The molecule has 8 heteroatoms. The van der Waals surface area contributed by atoms with Gasteiger partial charge in [0.25, 0.3) is 5.91 Å². The molecule has 0 aliphatic heterocycles. The van der Waals surface area contributed by atoms with Crippen molar-refractivity contribution in [3.63, 3.8) is 0 Å². The maximum Gasteiger partial charge on any atom is 0.340 e. The van der Waals surface area contributed by atoms with Crippen molar-refractivity contribution in [1.82, 2.24) is 9.38 Å². The number of pyridine rings is 1. The van der Waals surface area contributed by atoms with E-state index >= 15 is 0 Å². The molecule has 7 nitrogen and oxygen atoms in total. The fourth-order valence-corrected chi connectivity index (χ4v) is 3.62. The van der Waals surface area contributed by atoms with Gasteiger partial charge in [0.05, 0.1) is 25.0 Å². The van der Waals surface area contributed by atoms with Gasteiger partial charge in [0.1, 0.15) is 10.7 Å². The molecule has 3 heterocycles. The van der Waals surface area contributed by atoms with E-state index in [9.17, 15) is 9.59 Å². The molecular formula is C18H19N3O4S. The Bertz CT molecular complexity index is 990. The van der Waals surface area contributed by atoms with Crippen LogP contribution in [0.5, 0.6) is 5.75 Å². The lowest BCUT2D eigenvalue weighted by atomic mass is 10.2. The Morgan fingerprint density at radius 3 is 2.81 bits per heavy atom. The van der Waals surface area contributed by atoms with E-state index < -0.39 is 5.97 Å². The number of nitrogens with one attached hydrogen (secondary N) is 1. The highest BCUT2D eigenvalue weighted by Crippen LogP contribution is 2.29. The maximum atomic E-state index is 12.9. The molecular weight excluding hydrogens is 354 g/mol. The predicted molar refractivity (Wildman–Crippen MR) is 99.4 cm³/mol. The summed E-state index contributed by atoms with van der Waals surface area (Å²) in [5.41, 5.74) is 1.88. The summed E-state index contributed by atoms with van der Waals surface area (Å²) in [6, 6.07) is 5.30. The Morgan fingerprint density at radius 1 is 1.35 bits per heavy atom. The molecule has 0 radical (unpaired) electrons. The minimum absolute atomic E-state index is 0.338. The largest absolute Gasteiger partial charge is 0.490 e. The molecule has 3 aromatic rings. The van der Waals surface area contributed by atoms with Gasteiger partial charge in [-0.2, -0.15) is 0 Å². The van der Waals surface area contributed by atoms with E-state index in [2.05, 4.69) is 10.3 Å². The molecule has 1 amide bonds. The number of amides is 1. The lowest BCUT2D eigenvalue weighted by molar-refractivity contribution is 0.0602. The van der Waals surface area contributed by atoms with Crippen LogP contribution in [0.2, 0.25) is 0 Å². The van der Waals surface area contributed by atoms with E-state index in [1.807, 2.05) is 19.9 Å². The number of hydrogen-bond acceptors (Lipinski definition) is 6. The van der Waals surface area contributed by atoms with Crippen molar-refractivity contribution < 1.29 is 19.1 Å². The minimum atomic E-state index is -0.488. The number of aromatic nitrogens is 2. The molecule has 3 aromatic heterocycles. The van der Waals surface area contributed by atoms with Crippen LogP contribution < -0.4 is 10.1 Å². The van der Waals surface area contributed by atoms with Crippen LogP contribution in [0.4, 0.5) is 5.00 Å². The molecule has 0 bridgehead atoms. The zero-order chi connectivity index (χ0) is 18.8. The van der Waals surface area contributed by atoms with Crippen LogP contribution in [0.3, 0.4) is 0 Å². The molecule has 0 spiro atoms. The van der Waals surface area contributed by atoms with Gasteiger partial charge in [-0.15, -0.1) is 11.3 Å². The van der Waals surface area contributed by atoms with Crippen LogP contribution in [0, 0.1) is 13.8 Å². The molecule has 0 atom stereocenters. The molecule has 136 valence electrons. The predicted octanol–water partition coefficient (Wildman–Crippen LogP) is 3.45. The van der Waals surface area contributed by atoms with Crippen molar-refractivity contribution in [3.05, 3.63) is 46.2 Å². The fourth-order valence-electron chi connectivity index (χ4n) is 2.73. The summed E-state index contributed by atoms with van der Waals surface area (Å²) in [6.07, 6.45) is 1.76. The quantitative estimate of drug-likeness (QED) is 0.693. The smallest absolute Gasteiger partial charge is 0.340 e. The molecule has 0 aliphatic rings. The number of thiophene rings is 1. The van der Waals surface area contributed by atoms with E-state index in [1.165, 1.54) is 18.4 Å². The Balaban J connectivity index is 2.00. The first-order chi connectivity index (χ1) is 12.5. The molecule has 0 unspecified atom stereocenters. The number of esters is 1. The Hall–Kier alpha value is -2.87. The van der Waals surface area contributed by atoms with Crippen molar-refractivity contribution in [3.8, 4) is 5.75 Å². The summed E-state index contributed by atoms with van der Waals surface area (Å²) in [7, 11) is 1.31. The first-order valence-electron chi connectivity index (χ1n) is 8.06. The summed E-state index contributed by atoms with van der Waals surface area (Å²) in [5.74, 6) is -0.229. The van der Waals surface area contributed by atoms with Crippen molar-refractivity contribution in [1.29, 1.82) is 0 Å². The monoisotopic (exact) mass is 373 g/mol. The third-order valence-electron chi connectivity index (χ3n) is 3.79. The van der Waals surface area contributed by atoms with Gasteiger partial charge in [0.2, 0.25) is 0 Å². The van der Waals surface area contributed by atoms with Crippen molar-refractivity contribution in [2.45, 2.75) is 20.8 Å². The highest BCUT2D eigenvalue weighted by molar-refractivity contribution is 7.16. The average Bonchev–Trinajstić information content (AvgIpc) is 3.14. The number of fused-ring (bicyclic) bond motifs is 1. The number of nitrogens with zero attached hydrogens (tertiary/aromatic N) is 2. The molecule has 0 aliphatic carbocycles. The normalized spacial score (nSPS) is 10.8. The summed E-state index contributed by atoms with van der Waals surface area (Å²) < 4.78 is 12.0.